The monoisotopic (exact) mass is 247 g/mol. The third-order valence-corrected chi connectivity index (χ3v) is 2.92. The molecule has 1 N–H and O–H groups in total. The Hall–Kier alpha value is -1.63. The van der Waals surface area contributed by atoms with Crippen LogP contribution in [0.5, 0.6) is 0 Å². The van der Waals surface area contributed by atoms with Crippen LogP contribution < -0.4 is 0 Å². The molecule has 0 spiro atoms. The molecule has 0 saturated carbocycles. The Kier molecular flexibility index (Phi) is 2.34. The fraction of sp³-hybridized carbons (Fsp3) is 0.111. The summed E-state index contributed by atoms with van der Waals surface area (Å²) in [5.74, 6) is -1.17. The van der Waals surface area contributed by atoms with Crippen molar-refractivity contribution >= 4 is 27.5 Å². The quantitative estimate of drug-likeness (QED) is 0.842. The van der Waals surface area contributed by atoms with E-state index in [0.29, 0.717) is 5.39 Å². The number of fused-ring (bicyclic) bond motifs is 1. The molecular weight excluding hydrogens is 243 g/mol. The largest absolute Gasteiger partial charge is 0.477 e. The number of pyridine rings is 1. The van der Waals surface area contributed by atoms with Gasteiger partial charge in [0.05, 0.1) is 0 Å². The molecule has 0 radical (unpaired) electrons. The Bertz CT molecular complexity index is 561. The molecule has 3 nitrogen and oxygen atoms in total. The summed E-state index contributed by atoms with van der Waals surface area (Å²) < 4.78 is 36.9. The van der Waals surface area contributed by atoms with Crippen molar-refractivity contribution in [3.8, 4) is 0 Å². The third-order valence-electron chi connectivity index (χ3n) is 1.88. The van der Waals surface area contributed by atoms with Crippen LogP contribution in [-0.2, 0) is 6.18 Å². The molecule has 84 valence electrons. The summed E-state index contributed by atoms with van der Waals surface area (Å²) in [7, 11) is 0. The van der Waals surface area contributed by atoms with Gasteiger partial charge in [-0.15, -0.1) is 11.3 Å². The predicted molar refractivity (Wildman–Crippen MR) is 51.6 cm³/mol. The van der Waals surface area contributed by atoms with Crippen LogP contribution in [0.25, 0.3) is 10.2 Å². The van der Waals surface area contributed by atoms with E-state index in [4.69, 9.17) is 5.11 Å². The van der Waals surface area contributed by atoms with Crippen molar-refractivity contribution in [3.05, 3.63) is 28.8 Å². The second-order valence-corrected chi connectivity index (χ2v) is 4.04. The number of rotatable bonds is 1. The first kappa shape index (κ1) is 10.9. The summed E-state index contributed by atoms with van der Waals surface area (Å²) in [5, 5.41) is 9.07. The van der Waals surface area contributed by atoms with Gasteiger partial charge in [0.25, 0.3) is 0 Å². The van der Waals surface area contributed by atoms with Gasteiger partial charge in [0, 0.05) is 5.39 Å². The van der Waals surface area contributed by atoms with Gasteiger partial charge in [0.1, 0.15) is 15.4 Å². The van der Waals surface area contributed by atoms with Gasteiger partial charge in [-0.3, -0.25) is 0 Å². The minimum atomic E-state index is -4.51. The van der Waals surface area contributed by atoms with Crippen LogP contribution in [0.3, 0.4) is 0 Å². The van der Waals surface area contributed by atoms with Crippen LogP contribution in [0.4, 0.5) is 13.2 Å². The lowest BCUT2D eigenvalue weighted by Gasteiger charge is -2.03. The van der Waals surface area contributed by atoms with Crippen LogP contribution in [0, 0.1) is 0 Å². The highest BCUT2D eigenvalue weighted by Crippen LogP contribution is 2.31. The molecule has 2 rings (SSSR count). The molecule has 2 aromatic rings. The zero-order chi connectivity index (χ0) is 11.9. The molecule has 16 heavy (non-hydrogen) atoms. The molecule has 0 aliphatic rings. The normalized spacial score (nSPS) is 11.9. The minimum absolute atomic E-state index is 0.0261. The Morgan fingerprint density at radius 1 is 1.38 bits per heavy atom. The van der Waals surface area contributed by atoms with Crippen LogP contribution >= 0.6 is 11.3 Å². The molecule has 0 aliphatic heterocycles. The van der Waals surface area contributed by atoms with E-state index in [1.807, 2.05) is 0 Å². The number of nitrogens with zero attached hydrogens (tertiary/aromatic N) is 1. The van der Waals surface area contributed by atoms with Crippen molar-refractivity contribution < 1.29 is 23.1 Å². The summed E-state index contributed by atoms with van der Waals surface area (Å²) in [6.07, 6.45) is -4.51. The SMILES string of the molecule is O=C(O)c1cc2ccc(C(F)(F)F)nc2s1. The first-order valence-corrected chi connectivity index (χ1v) is 4.90. The molecule has 0 aromatic carbocycles. The van der Waals surface area contributed by atoms with E-state index in [-0.39, 0.29) is 9.71 Å². The zero-order valence-corrected chi connectivity index (χ0v) is 8.39. The fourth-order valence-electron chi connectivity index (χ4n) is 1.18. The number of thiophene rings is 1. The molecular formula is C9H4F3NO2S. The molecule has 0 unspecified atom stereocenters. The average Bonchev–Trinajstić information content (AvgIpc) is 2.58. The summed E-state index contributed by atoms with van der Waals surface area (Å²) in [6.45, 7) is 0. The van der Waals surface area contributed by atoms with Gasteiger partial charge >= 0.3 is 12.1 Å². The fourth-order valence-corrected chi connectivity index (χ4v) is 2.05. The van der Waals surface area contributed by atoms with E-state index >= 15 is 0 Å². The van der Waals surface area contributed by atoms with E-state index in [9.17, 15) is 18.0 Å². The molecule has 0 bridgehead atoms. The predicted octanol–water partition coefficient (Wildman–Crippen LogP) is 3.01. The van der Waals surface area contributed by atoms with E-state index in [1.54, 1.807) is 0 Å². The van der Waals surface area contributed by atoms with Crippen molar-refractivity contribution in [3.63, 3.8) is 0 Å². The Morgan fingerprint density at radius 2 is 2.06 bits per heavy atom. The van der Waals surface area contributed by atoms with Crippen molar-refractivity contribution in [2.75, 3.05) is 0 Å². The molecule has 0 saturated heterocycles. The lowest BCUT2D eigenvalue weighted by molar-refractivity contribution is -0.140. The summed E-state index contributed by atoms with van der Waals surface area (Å²) >= 11 is 0.725. The molecule has 2 aromatic heterocycles. The number of alkyl halides is 3. The van der Waals surface area contributed by atoms with Crippen LogP contribution in [0.2, 0.25) is 0 Å². The zero-order valence-electron chi connectivity index (χ0n) is 7.58. The van der Waals surface area contributed by atoms with Crippen molar-refractivity contribution in [2.24, 2.45) is 0 Å². The minimum Gasteiger partial charge on any atom is -0.477 e. The summed E-state index contributed by atoms with van der Waals surface area (Å²) in [4.78, 5) is 14.0. The summed E-state index contributed by atoms with van der Waals surface area (Å²) in [6, 6.07) is 3.35. The van der Waals surface area contributed by atoms with Gasteiger partial charge in [-0.25, -0.2) is 9.78 Å². The smallest absolute Gasteiger partial charge is 0.433 e. The number of carboxylic acid groups (broad SMARTS) is 1. The maximum atomic E-state index is 12.3. The topological polar surface area (TPSA) is 50.2 Å². The number of carboxylic acids is 1. The van der Waals surface area contributed by atoms with Crippen molar-refractivity contribution in [2.45, 2.75) is 6.18 Å². The second kappa shape index (κ2) is 3.44. The average molecular weight is 247 g/mol. The Labute approximate surface area is 91.2 Å². The maximum Gasteiger partial charge on any atom is 0.433 e. The van der Waals surface area contributed by atoms with Crippen LogP contribution in [0.15, 0.2) is 18.2 Å². The van der Waals surface area contributed by atoms with E-state index in [2.05, 4.69) is 4.98 Å². The van der Waals surface area contributed by atoms with Gasteiger partial charge in [0.15, 0.2) is 0 Å². The molecule has 2 heterocycles. The Morgan fingerprint density at radius 3 is 2.62 bits per heavy atom. The van der Waals surface area contributed by atoms with Gasteiger partial charge in [-0.05, 0) is 18.2 Å². The Balaban J connectivity index is 2.58. The highest BCUT2D eigenvalue weighted by molar-refractivity contribution is 7.20. The number of hydrogen-bond donors (Lipinski definition) is 1. The molecule has 0 atom stereocenters. The van der Waals surface area contributed by atoms with Crippen LogP contribution in [0.1, 0.15) is 15.4 Å². The number of hydrogen-bond acceptors (Lipinski definition) is 3. The van der Waals surface area contributed by atoms with Gasteiger partial charge in [-0.2, -0.15) is 13.2 Å². The molecule has 7 heteroatoms. The molecule has 0 fully saturated rings. The van der Waals surface area contributed by atoms with Crippen molar-refractivity contribution in [1.82, 2.24) is 4.98 Å². The van der Waals surface area contributed by atoms with Crippen LogP contribution in [-0.4, -0.2) is 16.1 Å². The molecule has 0 aliphatic carbocycles. The van der Waals surface area contributed by atoms with E-state index < -0.39 is 17.8 Å². The third kappa shape index (κ3) is 1.85. The highest BCUT2D eigenvalue weighted by Gasteiger charge is 2.32. The summed E-state index contributed by atoms with van der Waals surface area (Å²) in [5.41, 5.74) is -1.02. The number of aromatic carboxylic acids is 1. The first-order valence-electron chi connectivity index (χ1n) is 4.09. The number of carbonyl (C=O) groups is 1. The lowest BCUT2D eigenvalue weighted by Crippen LogP contribution is -2.06. The number of halogens is 3. The number of aromatic nitrogens is 1. The molecule has 0 amide bonds. The van der Waals surface area contributed by atoms with Crippen molar-refractivity contribution in [1.29, 1.82) is 0 Å². The highest BCUT2D eigenvalue weighted by atomic mass is 32.1. The maximum absolute atomic E-state index is 12.3. The van der Waals surface area contributed by atoms with Gasteiger partial charge in [-0.1, -0.05) is 0 Å². The standard InChI is InChI=1S/C9H4F3NO2S/c10-9(11,12)6-2-1-4-3-5(8(14)15)16-7(4)13-6/h1-3H,(H,14,15). The first-order chi connectivity index (χ1) is 7.38. The second-order valence-electron chi connectivity index (χ2n) is 3.00. The lowest BCUT2D eigenvalue weighted by atomic mass is 10.3. The van der Waals surface area contributed by atoms with E-state index in [1.165, 1.54) is 12.1 Å². The van der Waals surface area contributed by atoms with Gasteiger partial charge in [0.2, 0.25) is 0 Å². The van der Waals surface area contributed by atoms with Gasteiger partial charge < -0.3 is 5.11 Å². The van der Waals surface area contributed by atoms with E-state index in [0.717, 1.165) is 17.4 Å².